The van der Waals surface area contributed by atoms with Crippen molar-refractivity contribution >= 4 is 17.7 Å². The number of carbonyl (C=O) groups excluding carboxylic acids is 3. The van der Waals surface area contributed by atoms with E-state index in [1.54, 1.807) is 30.3 Å². The molecule has 36 heavy (non-hydrogen) atoms. The molecular weight excluding hydrogens is 457 g/mol. The van der Waals surface area contributed by atoms with Crippen LogP contribution in [0.5, 0.6) is 0 Å². The lowest BCUT2D eigenvalue weighted by atomic mass is 9.83. The number of amides is 3. The Labute approximate surface area is 210 Å². The van der Waals surface area contributed by atoms with Gasteiger partial charge in [-0.05, 0) is 54.5 Å². The zero-order valence-corrected chi connectivity index (χ0v) is 20.6. The number of primary amides is 1. The summed E-state index contributed by atoms with van der Waals surface area (Å²) in [6.07, 6.45) is 13.3. The Morgan fingerprint density at radius 2 is 1.83 bits per heavy atom. The largest absolute Gasteiger partial charge is 0.366 e. The molecule has 1 fully saturated rings. The lowest BCUT2D eigenvalue weighted by Crippen LogP contribution is -2.29. The van der Waals surface area contributed by atoms with Crippen LogP contribution in [-0.4, -0.2) is 23.8 Å². The minimum Gasteiger partial charge on any atom is -0.366 e. The average Bonchev–Trinajstić information content (AvgIpc) is 3.67. The van der Waals surface area contributed by atoms with E-state index in [-0.39, 0.29) is 41.4 Å². The molecule has 0 bridgehead atoms. The quantitative estimate of drug-likeness (QED) is 0.478. The van der Waals surface area contributed by atoms with E-state index in [9.17, 15) is 18.8 Å². The zero-order chi connectivity index (χ0) is 25.8. The van der Waals surface area contributed by atoms with Crippen LogP contribution in [0.4, 0.5) is 4.39 Å². The van der Waals surface area contributed by atoms with Crippen molar-refractivity contribution in [2.24, 2.45) is 23.5 Å². The molecule has 7 heteroatoms. The third-order valence-corrected chi connectivity index (χ3v) is 6.78. The summed E-state index contributed by atoms with van der Waals surface area (Å²) in [5.74, 6) is -1.43. The monoisotopic (exact) mass is 489 g/mol. The number of nitrogens with two attached hydrogens (primary N) is 1. The summed E-state index contributed by atoms with van der Waals surface area (Å²) < 4.78 is 14.3. The highest BCUT2D eigenvalue weighted by molar-refractivity contribution is 5.99. The van der Waals surface area contributed by atoms with Gasteiger partial charge < -0.3 is 16.4 Å². The summed E-state index contributed by atoms with van der Waals surface area (Å²) in [7, 11) is 0. The van der Waals surface area contributed by atoms with E-state index in [0.29, 0.717) is 35.2 Å². The highest BCUT2D eigenvalue weighted by Crippen LogP contribution is 2.32. The van der Waals surface area contributed by atoms with Crippen molar-refractivity contribution in [3.63, 3.8) is 0 Å². The van der Waals surface area contributed by atoms with Gasteiger partial charge in [0.1, 0.15) is 5.83 Å². The Hall–Kier alpha value is -3.74. The Balaban J connectivity index is 1.44. The second-order valence-corrected chi connectivity index (χ2v) is 9.81. The second kappa shape index (κ2) is 10.9. The standard InChI is InChI=1S/C29H32FN3O3/c1-17-3-6-22(15-26(17)30)25(29(36)33-24-11-12-24)14-21-9-10-23(13-18(21)2)28(35)32-16-19-4-7-20(8-5-19)27(31)34/h4-10,13-15,17-18,21,24H,3,11-12,16H2,1-2H3,(H2,31,34)(H,32,35)(H,33,36)/b25-14+. The van der Waals surface area contributed by atoms with Crippen molar-refractivity contribution in [3.05, 3.63) is 94.4 Å². The molecule has 3 aliphatic carbocycles. The molecule has 4 N–H and O–H groups in total. The van der Waals surface area contributed by atoms with Crippen LogP contribution in [0.15, 0.2) is 83.3 Å². The van der Waals surface area contributed by atoms with Crippen molar-refractivity contribution in [1.29, 1.82) is 0 Å². The number of carbonyl (C=O) groups is 3. The van der Waals surface area contributed by atoms with Crippen LogP contribution in [0.1, 0.15) is 49.0 Å². The van der Waals surface area contributed by atoms with Gasteiger partial charge in [-0.1, -0.05) is 56.4 Å². The van der Waals surface area contributed by atoms with Crippen LogP contribution >= 0.6 is 0 Å². The number of hydrogen-bond donors (Lipinski definition) is 3. The minimum absolute atomic E-state index is 0.0359. The summed E-state index contributed by atoms with van der Waals surface area (Å²) in [5.41, 5.74) is 8.16. The summed E-state index contributed by atoms with van der Waals surface area (Å²) in [4.78, 5) is 36.9. The van der Waals surface area contributed by atoms with Crippen molar-refractivity contribution < 1.29 is 18.8 Å². The maximum absolute atomic E-state index is 14.3. The third-order valence-electron chi connectivity index (χ3n) is 6.78. The summed E-state index contributed by atoms with van der Waals surface area (Å²) in [6.45, 7) is 4.13. The molecule has 1 aromatic carbocycles. The van der Waals surface area contributed by atoms with Gasteiger partial charge >= 0.3 is 0 Å². The second-order valence-electron chi connectivity index (χ2n) is 9.81. The van der Waals surface area contributed by atoms with E-state index in [1.165, 1.54) is 6.08 Å². The molecule has 6 nitrogen and oxygen atoms in total. The van der Waals surface area contributed by atoms with E-state index in [4.69, 9.17) is 5.73 Å². The summed E-state index contributed by atoms with van der Waals surface area (Å²) >= 11 is 0. The number of halogens is 1. The zero-order valence-electron chi connectivity index (χ0n) is 20.6. The van der Waals surface area contributed by atoms with Crippen LogP contribution in [0.3, 0.4) is 0 Å². The molecule has 3 amide bonds. The molecular formula is C29H32FN3O3. The van der Waals surface area contributed by atoms with Gasteiger partial charge in [-0.3, -0.25) is 14.4 Å². The predicted molar refractivity (Wildman–Crippen MR) is 137 cm³/mol. The van der Waals surface area contributed by atoms with Gasteiger partial charge in [0.15, 0.2) is 0 Å². The van der Waals surface area contributed by atoms with E-state index in [0.717, 1.165) is 18.4 Å². The van der Waals surface area contributed by atoms with Gasteiger partial charge in [0.2, 0.25) is 5.91 Å². The van der Waals surface area contributed by atoms with E-state index in [2.05, 4.69) is 10.6 Å². The maximum atomic E-state index is 14.3. The molecule has 0 radical (unpaired) electrons. The lowest BCUT2D eigenvalue weighted by Gasteiger charge is -2.23. The van der Waals surface area contributed by atoms with Gasteiger partial charge in [0.05, 0.1) is 0 Å². The number of rotatable bonds is 8. The minimum atomic E-state index is -0.496. The third kappa shape index (κ3) is 6.27. The smallest absolute Gasteiger partial charge is 0.251 e. The molecule has 0 saturated heterocycles. The molecule has 0 aromatic heterocycles. The number of nitrogens with one attached hydrogen (secondary N) is 2. The number of benzene rings is 1. The van der Waals surface area contributed by atoms with Crippen molar-refractivity contribution in [3.8, 4) is 0 Å². The average molecular weight is 490 g/mol. The fourth-order valence-electron chi connectivity index (χ4n) is 4.21. The number of hydrogen-bond acceptors (Lipinski definition) is 3. The lowest BCUT2D eigenvalue weighted by molar-refractivity contribution is -0.118. The van der Waals surface area contributed by atoms with Crippen molar-refractivity contribution in [2.45, 2.75) is 45.7 Å². The maximum Gasteiger partial charge on any atom is 0.251 e. The van der Waals surface area contributed by atoms with Gasteiger partial charge in [0.25, 0.3) is 11.8 Å². The van der Waals surface area contributed by atoms with Crippen molar-refractivity contribution in [2.75, 3.05) is 0 Å². The number of allylic oxidation sites excluding steroid dienone is 6. The van der Waals surface area contributed by atoms with E-state index in [1.807, 2.05) is 38.2 Å². The van der Waals surface area contributed by atoms with Crippen LogP contribution in [0.2, 0.25) is 0 Å². The van der Waals surface area contributed by atoms with Gasteiger partial charge in [-0.25, -0.2) is 4.39 Å². The van der Waals surface area contributed by atoms with Gasteiger partial charge in [-0.15, -0.1) is 0 Å². The Morgan fingerprint density at radius 3 is 2.44 bits per heavy atom. The predicted octanol–water partition coefficient (Wildman–Crippen LogP) is 4.17. The first kappa shape index (κ1) is 25.4. The molecule has 1 aromatic rings. The summed E-state index contributed by atoms with van der Waals surface area (Å²) in [5, 5.41) is 5.91. The molecule has 3 unspecified atom stereocenters. The first-order chi connectivity index (χ1) is 17.2. The normalized spacial score (nSPS) is 23.8. The Bertz CT molecular complexity index is 1200. The molecule has 0 aliphatic heterocycles. The van der Waals surface area contributed by atoms with Crippen LogP contribution < -0.4 is 16.4 Å². The molecule has 1 saturated carbocycles. The van der Waals surface area contributed by atoms with Gasteiger partial charge in [0, 0.05) is 41.1 Å². The first-order valence-electron chi connectivity index (χ1n) is 12.4. The van der Waals surface area contributed by atoms with E-state index >= 15 is 0 Å². The van der Waals surface area contributed by atoms with E-state index < -0.39 is 5.91 Å². The summed E-state index contributed by atoms with van der Waals surface area (Å²) in [6, 6.07) is 6.95. The molecule has 4 rings (SSSR count). The van der Waals surface area contributed by atoms with Crippen LogP contribution in [0.25, 0.3) is 0 Å². The first-order valence-corrected chi connectivity index (χ1v) is 12.4. The van der Waals surface area contributed by atoms with Crippen LogP contribution in [0, 0.1) is 17.8 Å². The molecule has 3 aliphatic rings. The molecule has 188 valence electrons. The van der Waals surface area contributed by atoms with Crippen molar-refractivity contribution in [1.82, 2.24) is 10.6 Å². The topological polar surface area (TPSA) is 101 Å². The molecule has 3 atom stereocenters. The van der Waals surface area contributed by atoms with Gasteiger partial charge in [-0.2, -0.15) is 0 Å². The highest BCUT2D eigenvalue weighted by atomic mass is 19.1. The molecule has 0 spiro atoms. The Morgan fingerprint density at radius 1 is 1.11 bits per heavy atom. The fourth-order valence-corrected chi connectivity index (χ4v) is 4.21. The molecule has 0 heterocycles. The highest BCUT2D eigenvalue weighted by Gasteiger charge is 2.28. The fraction of sp³-hybridized carbons (Fsp3) is 0.345. The Kier molecular flexibility index (Phi) is 7.67. The SMILES string of the molecule is CC1CC=C(/C(=C\C2C=CC(C(=O)NCc3ccc(C(N)=O)cc3)=CC2C)C(=O)NC2CC2)C=C1F. The van der Waals surface area contributed by atoms with Crippen LogP contribution in [-0.2, 0) is 16.1 Å².